The number of carbonyl (C=O) groups excluding carboxylic acids is 1. The maximum atomic E-state index is 11.6. The molecule has 3 heteroatoms. The second kappa shape index (κ2) is 4.70. The van der Waals surface area contributed by atoms with Gasteiger partial charge in [-0.3, -0.25) is 4.79 Å². The van der Waals surface area contributed by atoms with E-state index in [0.717, 1.165) is 12.8 Å². The number of halogens is 1. The molecule has 2 nitrogen and oxygen atoms in total. The van der Waals surface area contributed by atoms with Crippen LogP contribution in [0.5, 0.6) is 0 Å². The van der Waals surface area contributed by atoms with E-state index in [1.165, 1.54) is 12.8 Å². The molecular formula is C9H16ClNO. The van der Waals surface area contributed by atoms with E-state index < -0.39 is 0 Å². The number of amides is 1. The van der Waals surface area contributed by atoms with Gasteiger partial charge in [-0.2, -0.15) is 0 Å². The normalized spacial score (nSPS) is 18.2. The van der Waals surface area contributed by atoms with Crippen LogP contribution in [-0.2, 0) is 4.79 Å². The van der Waals surface area contributed by atoms with Gasteiger partial charge in [0.2, 0.25) is 5.91 Å². The molecule has 0 saturated heterocycles. The molecule has 1 amide bonds. The van der Waals surface area contributed by atoms with E-state index in [0.29, 0.717) is 18.3 Å². The molecule has 0 atom stereocenters. The zero-order valence-electron chi connectivity index (χ0n) is 7.55. The molecule has 12 heavy (non-hydrogen) atoms. The Morgan fingerprint density at radius 2 is 2.08 bits per heavy atom. The highest BCUT2D eigenvalue weighted by Gasteiger charge is 2.24. The van der Waals surface area contributed by atoms with E-state index in [1.807, 2.05) is 7.05 Å². The summed E-state index contributed by atoms with van der Waals surface area (Å²) in [5, 5.41) is 0. The van der Waals surface area contributed by atoms with Gasteiger partial charge in [-0.1, -0.05) is 12.8 Å². The minimum atomic E-state index is 0.285. The van der Waals surface area contributed by atoms with Crippen LogP contribution >= 0.6 is 11.6 Å². The fraction of sp³-hybridized carbons (Fsp3) is 0.889. The van der Waals surface area contributed by atoms with Gasteiger partial charge < -0.3 is 4.90 Å². The van der Waals surface area contributed by atoms with E-state index in [9.17, 15) is 4.79 Å². The molecule has 0 heterocycles. The number of nitrogens with zero attached hydrogens (tertiary/aromatic N) is 1. The van der Waals surface area contributed by atoms with Crippen LogP contribution in [0.15, 0.2) is 0 Å². The van der Waals surface area contributed by atoms with Crippen LogP contribution in [0, 0.1) is 5.92 Å². The third kappa shape index (κ3) is 2.37. The van der Waals surface area contributed by atoms with Crippen molar-refractivity contribution in [1.82, 2.24) is 4.90 Å². The summed E-state index contributed by atoms with van der Waals surface area (Å²) in [6, 6.07) is 0. The summed E-state index contributed by atoms with van der Waals surface area (Å²) in [5.41, 5.74) is 0. The maximum Gasteiger partial charge on any atom is 0.225 e. The third-order valence-corrected chi connectivity index (χ3v) is 2.67. The predicted octanol–water partition coefficient (Wildman–Crippen LogP) is 1.87. The molecule has 0 spiro atoms. The van der Waals surface area contributed by atoms with Gasteiger partial charge in [0.25, 0.3) is 0 Å². The van der Waals surface area contributed by atoms with Crippen molar-refractivity contribution in [3.63, 3.8) is 0 Å². The summed E-state index contributed by atoms with van der Waals surface area (Å²) in [6.45, 7) is 0.677. The first kappa shape index (κ1) is 9.85. The zero-order chi connectivity index (χ0) is 8.97. The van der Waals surface area contributed by atoms with Crippen molar-refractivity contribution in [2.24, 2.45) is 5.92 Å². The summed E-state index contributed by atoms with van der Waals surface area (Å²) in [6.07, 6.45) is 4.58. The van der Waals surface area contributed by atoms with E-state index >= 15 is 0 Å². The van der Waals surface area contributed by atoms with Crippen molar-refractivity contribution in [3.8, 4) is 0 Å². The van der Waals surface area contributed by atoms with E-state index in [4.69, 9.17) is 11.6 Å². The van der Waals surface area contributed by atoms with Crippen LogP contribution in [0.3, 0.4) is 0 Å². The first-order valence-corrected chi connectivity index (χ1v) is 5.10. The smallest absolute Gasteiger partial charge is 0.225 e. The Morgan fingerprint density at radius 3 is 2.58 bits per heavy atom. The van der Waals surface area contributed by atoms with Crippen LogP contribution < -0.4 is 0 Å². The summed E-state index contributed by atoms with van der Waals surface area (Å²) in [7, 11) is 1.84. The summed E-state index contributed by atoms with van der Waals surface area (Å²) >= 11 is 5.55. The van der Waals surface area contributed by atoms with Gasteiger partial charge in [0, 0.05) is 25.4 Å². The van der Waals surface area contributed by atoms with Crippen LogP contribution in [-0.4, -0.2) is 30.3 Å². The number of alkyl halides is 1. The lowest BCUT2D eigenvalue weighted by Gasteiger charge is -2.19. The van der Waals surface area contributed by atoms with E-state index in [-0.39, 0.29) is 5.91 Å². The number of hydrogen-bond acceptors (Lipinski definition) is 1. The van der Waals surface area contributed by atoms with Gasteiger partial charge in [0.05, 0.1) is 0 Å². The molecular weight excluding hydrogens is 174 g/mol. The van der Waals surface area contributed by atoms with E-state index in [1.54, 1.807) is 4.90 Å². The molecule has 1 rings (SSSR count). The van der Waals surface area contributed by atoms with Crippen molar-refractivity contribution in [3.05, 3.63) is 0 Å². The molecule has 0 N–H and O–H groups in total. The average molecular weight is 190 g/mol. The Morgan fingerprint density at radius 1 is 1.50 bits per heavy atom. The first-order valence-electron chi connectivity index (χ1n) is 4.56. The van der Waals surface area contributed by atoms with Crippen molar-refractivity contribution in [1.29, 1.82) is 0 Å². The van der Waals surface area contributed by atoms with Gasteiger partial charge in [-0.15, -0.1) is 11.6 Å². The van der Waals surface area contributed by atoms with Crippen molar-refractivity contribution in [2.75, 3.05) is 19.5 Å². The molecule has 0 aromatic heterocycles. The minimum absolute atomic E-state index is 0.285. The second-order valence-electron chi connectivity index (χ2n) is 3.43. The van der Waals surface area contributed by atoms with Gasteiger partial charge in [-0.05, 0) is 12.8 Å². The lowest BCUT2D eigenvalue weighted by atomic mass is 10.1. The predicted molar refractivity (Wildman–Crippen MR) is 50.3 cm³/mol. The van der Waals surface area contributed by atoms with Crippen LogP contribution in [0.4, 0.5) is 0 Å². The van der Waals surface area contributed by atoms with Crippen LogP contribution in [0.2, 0.25) is 0 Å². The largest absolute Gasteiger partial charge is 0.344 e. The fourth-order valence-electron chi connectivity index (χ4n) is 1.72. The highest BCUT2D eigenvalue weighted by Crippen LogP contribution is 2.25. The van der Waals surface area contributed by atoms with Crippen molar-refractivity contribution in [2.45, 2.75) is 25.7 Å². The molecule has 0 aromatic rings. The molecule has 0 aliphatic heterocycles. The number of carbonyl (C=O) groups is 1. The Balaban J connectivity index is 2.34. The monoisotopic (exact) mass is 189 g/mol. The van der Waals surface area contributed by atoms with Gasteiger partial charge in [0.1, 0.15) is 0 Å². The first-order chi connectivity index (χ1) is 5.75. The van der Waals surface area contributed by atoms with Crippen LogP contribution in [0.1, 0.15) is 25.7 Å². The minimum Gasteiger partial charge on any atom is -0.344 e. The third-order valence-electron chi connectivity index (χ3n) is 2.50. The van der Waals surface area contributed by atoms with Gasteiger partial charge >= 0.3 is 0 Å². The van der Waals surface area contributed by atoms with Crippen molar-refractivity contribution < 1.29 is 4.79 Å². The summed E-state index contributed by atoms with van der Waals surface area (Å²) in [4.78, 5) is 13.4. The zero-order valence-corrected chi connectivity index (χ0v) is 8.31. The maximum absolute atomic E-state index is 11.6. The molecule has 1 aliphatic carbocycles. The Bertz CT molecular complexity index is 155. The van der Waals surface area contributed by atoms with Gasteiger partial charge in [-0.25, -0.2) is 0 Å². The molecule has 0 unspecified atom stereocenters. The van der Waals surface area contributed by atoms with E-state index in [2.05, 4.69) is 0 Å². The molecule has 70 valence electrons. The highest BCUT2D eigenvalue weighted by molar-refractivity contribution is 6.18. The highest BCUT2D eigenvalue weighted by atomic mass is 35.5. The van der Waals surface area contributed by atoms with Crippen molar-refractivity contribution >= 4 is 17.5 Å². The topological polar surface area (TPSA) is 20.3 Å². The number of hydrogen-bond donors (Lipinski definition) is 0. The molecule has 0 radical (unpaired) electrons. The summed E-state index contributed by atoms with van der Waals surface area (Å²) in [5.74, 6) is 1.11. The lowest BCUT2D eigenvalue weighted by molar-refractivity contribution is -0.133. The fourth-order valence-corrected chi connectivity index (χ4v) is 1.97. The van der Waals surface area contributed by atoms with Gasteiger partial charge in [0.15, 0.2) is 0 Å². The number of rotatable bonds is 3. The Hall–Kier alpha value is -0.240. The lowest BCUT2D eigenvalue weighted by Crippen LogP contribution is -2.33. The molecule has 1 fully saturated rings. The molecule has 0 bridgehead atoms. The Kier molecular flexibility index (Phi) is 3.86. The Labute approximate surface area is 78.9 Å². The SMILES string of the molecule is CN(CCCl)C(=O)C1CCCC1. The average Bonchev–Trinajstić information content (AvgIpc) is 2.55. The molecule has 0 aromatic carbocycles. The standard InChI is InChI=1S/C9H16ClNO/c1-11(7-6-10)9(12)8-4-2-3-5-8/h8H,2-7H2,1H3. The van der Waals surface area contributed by atoms with Crippen LogP contribution in [0.25, 0.3) is 0 Å². The molecule has 1 aliphatic rings. The quantitative estimate of drug-likeness (QED) is 0.621. The second-order valence-corrected chi connectivity index (χ2v) is 3.81. The molecule has 1 saturated carbocycles. The summed E-state index contributed by atoms with van der Waals surface area (Å²) < 4.78 is 0.